The highest BCUT2D eigenvalue weighted by Gasteiger charge is 2.32. The molecule has 6 nitrogen and oxygen atoms in total. The number of halogens is 1. The van der Waals surface area contributed by atoms with E-state index in [1.807, 2.05) is 29.7 Å². The van der Waals surface area contributed by atoms with Gasteiger partial charge < -0.3 is 4.57 Å². The van der Waals surface area contributed by atoms with E-state index in [0.29, 0.717) is 37.3 Å². The van der Waals surface area contributed by atoms with Crippen LogP contribution < -0.4 is 4.80 Å². The molecule has 1 aliphatic heterocycles. The zero-order chi connectivity index (χ0) is 22.9. The molecule has 3 aromatic rings. The molecular weight excluding hydrogens is 510 g/mol. The lowest BCUT2D eigenvalue weighted by Crippen LogP contribution is -2.40. The van der Waals surface area contributed by atoms with Gasteiger partial charge in [0, 0.05) is 23.5 Å². The number of fused-ring (bicyclic) bond motifs is 1. The van der Waals surface area contributed by atoms with Crippen molar-refractivity contribution in [3.63, 3.8) is 0 Å². The molecule has 32 heavy (non-hydrogen) atoms. The van der Waals surface area contributed by atoms with Crippen LogP contribution in [0.1, 0.15) is 18.4 Å². The van der Waals surface area contributed by atoms with E-state index in [1.54, 1.807) is 24.3 Å². The Labute approximate surface area is 199 Å². The molecule has 0 radical (unpaired) electrons. The molecule has 1 saturated heterocycles. The lowest BCUT2D eigenvalue weighted by molar-refractivity contribution is -0.122. The Bertz CT molecular complexity index is 1370. The van der Waals surface area contributed by atoms with Crippen LogP contribution in [0.2, 0.25) is 0 Å². The van der Waals surface area contributed by atoms with Gasteiger partial charge in [-0.2, -0.15) is 9.30 Å². The summed E-state index contributed by atoms with van der Waals surface area (Å²) < 4.78 is 31.1. The number of hydrogen-bond acceptors (Lipinski definition) is 4. The number of carbonyl (C=O) groups is 1. The van der Waals surface area contributed by atoms with E-state index < -0.39 is 10.0 Å². The van der Waals surface area contributed by atoms with Crippen molar-refractivity contribution < 1.29 is 13.2 Å². The summed E-state index contributed by atoms with van der Waals surface area (Å²) in [5.74, 6) is 2.09. The van der Waals surface area contributed by atoms with Gasteiger partial charge in [-0.1, -0.05) is 50.9 Å². The first-order valence-electron chi connectivity index (χ1n) is 10.2. The minimum absolute atomic E-state index is 0.228. The summed E-state index contributed by atoms with van der Waals surface area (Å²) in [7, 11) is -3.56. The fourth-order valence-corrected chi connectivity index (χ4v) is 6.82. The maximum atomic E-state index is 12.9. The van der Waals surface area contributed by atoms with Crippen molar-refractivity contribution in [2.75, 3.05) is 13.1 Å². The second kappa shape index (κ2) is 9.32. The molecule has 0 N–H and O–H groups in total. The average molecular weight is 532 g/mol. The van der Waals surface area contributed by atoms with Gasteiger partial charge >= 0.3 is 0 Å². The molecule has 1 fully saturated rings. The van der Waals surface area contributed by atoms with Crippen LogP contribution in [0, 0.1) is 25.2 Å². The first-order valence-corrected chi connectivity index (χ1v) is 13.2. The number of hydrogen-bond donors (Lipinski definition) is 0. The first kappa shape index (κ1) is 22.9. The maximum Gasteiger partial charge on any atom is 0.251 e. The van der Waals surface area contributed by atoms with E-state index in [9.17, 15) is 13.2 Å². The second-order valence-corrected chi connectivity index (χ2v) is 11.6. The monoisotopic (exact) mass is 531 g/mol. The lowest BCUT2D eigenvalue weighted by atomic mass is 9.98. The highest BCUT2D eigenvalue weighted by molar-refractivity contribution is 9.10. The van der Waals surface area contributed by atoms with E-state index in [2.05, 4.69) is 26.8 Å². The van der Waals surface area contributed by atoms with E-state index in [-0.39, 0.29) is 16.7 Å². The molecule has 0 saturated carbocycles. The Kier molecular flexibility index (Phi) is 6.67. The molecule has 1 aromatic heterocycles. The number of thiazole rings is 1. The third-order valence-electron chi connectivity index (χ3n) is 5.56. The number of carbonyl (C=O) groups excluding carboxylic acids is 1. The molecule has 1 aliphatic rings. The molecule has 4 rings (SSSR count). The Morgan fingerprint density at radius 1 is 1.22 bits per heavy atom. The summed E-state index contributed by atoms with van der Waals surface area (Å²) in [5, 5.41) is 0. The Morgan fingerprint density at radius 3 is 2.56 bits per heavy atom. The van der Waals surface area contributed by atoms with Crippen LogP contribution in [0.3, 0.4) is 0 Å². The highest BCUT2D eigenvalue weighted by Crippen LogP contribution is 2.26. The third-order valence-corrected chi connectivity index (χ3v) is 9.01. The van der Waals surface area contributed by atoms with Gasteiger partial charge in [0.2, 0.25) is 10.0 Å². The Morgan fingerprint density at radius 2 is 1.91 bits per heavy atom. The predicted octanol–water partition coefficient (Wildman–Crippen LogP) is 3.94. The first-order chi connectivity index (χ1) is 15.3. The predicted molar refractivity (Wildman–Crippen MR) is 130 cm³/mol. The van der Waals surface area contributed by atoms with E-state index in [1.165, 1.54) is 15.6 Å². The number of rotatable bonds is 4. The quantitative estimate of drug-likeness (QED) is 0.478. The van der Waals surface area contributed by atoms with Crippen molar-refractivity contribution in [2.45, 2.75) is 31.2 Å². The van der Waals surface area contributed by atoms with Crippen LogP contribution in [0.4, 0.5) is 0 Å². The van der Waals surface area contributed by atoms with E-state index in [4.69, 9.17) is 6.42 Å². The van der Waals surface area contributed by atoms with Crippen molar-refractivity contribution in [2.24, 2.45) is 10.9 Å². The molecule has 2 heterocycles. The van der Waals surface area contributed by atoms with Crippen LogP contribution >= 0.6 is 27.3 Å². The molecule has 0 aliphatic carbocycles. The van der Waals surface area contributed by atoms with Crippen molar-refractivity contribution in [1.29, 1.82) is 0 Å². The Balaban J connectivity index is 1.53. The molecule has 0 spiro atoms. The largest absolute Gasteiger partial charge is 0.305 e. The van der Waals surface area contributed by atoms with Gasteiger partial charge in [0.15, 0.2) is 4.80 Å². The zero-order valence-corrected chi connectivity index (χ0v) is 20.7. The summed E-state index contributed by atoms with van der Waals surface area (Å²) in [6, 6.07) is 12.7. The highest BCUT2D eigenvalue weighted by atomic mass is 79.9. The zero-order valence-electron chi connectivity index (χ0n) is 17.5. The Hall–Kier alpha value is -2.25. The summed E-state index contributed by atoms with van der Waals surface area (Å²) in [4.78, 5) is 18.2. The summed E-state index contributed by atoms with van der Waals surface area (Å²) in [5.41, 5.74) is 1.94. The number of sulfonamides is 1. The minimum atomic E-state index is -3.56. The normalized spacial score (nSPS) is 16.3. The maximum absolute atomic E-state index is 12.9. The molecule has 1 amide bonds. The van der Waals surface area contributed by atoms with Gasteiger partial charge in [0.05, 0.1) is 21.7 Å². The van der Waals surface area contributed by atoms with Gasteiger partial charge in [0.1, 0.15) is 0 Å². The fraction of sp³-hybridized carbons (Fsp3) is 0.304. The number of aromatic nitrogens is 1. The molecule has 2 aromatic carbocycles. The average Bonchev–Trinajstić information content (AvgIpc) is 3.10. The van der Waals surface area contributed by atoms with Crippen LogP contribution in [-0.2, 0) is 21.4 Å². The van der Waals surface area contributed by atoms with Crippen LogP contribution in [0.5, 0.6) is 0 Å². The van der Waals surface area contributed by atoms with Crippen LogP contribution in [0.15, 0.2) is 56.8 Å². The topological polar surface area (TPSA) is 71.7 Å². The van der Waals surface area contributed by atoms with E-state index in [0.717, 1.165) is 20.3 Å². The summed E-state index contributed by atoms with van der Waals surface area (Å²) in [6.45, 7) is 2.83. The number of terminal acetylenes is 1. The van der Waals surface area contributed by atoms with Crippen LogP contribution in [0.25, 0.3) is 10.2 Å². The van der Waals surface area contributed by atoms with Crippen molar-refractivity contribution in [3.05, 3.63) is 57.3 Å². The van der Waals surface area contributed by atoms with Gasteiger partial charge in [-0.3, -0.25) is 4.79 Å². The van der Waals surface area contributed by atoms with Gasteiger partial charge in [-0.05, 0) is 50.1 Å². The molecule has 166 valence electrons. The van der Waals surface area contributed by atoms with Crippen LogP contribution in [-0.4, -0.2) is 36.3 Å². The SMILES string of the molecule is C#CCn1c(=NC(=O)C2CCN(S(=O)(=O)c3ccc(C)cc3)CC2)sc2cc(Br)ccc21. The fourth-order valence-electron chi connectivity index (χ4n) is 3.76. The number of benzene rings is 2. The van der Waals surface area contributed by atoms with Gasteiger partial charge in [0.25, 0.3) is 5.91 Å². The molecular formula is C23H22BrN3O3S2. The molecule has 9 heteroatoms. The lowest BCUT2D eigenvalue weighted by Gasteiger charge is -2.29. The minimum Gasteiger partial charge on any atom is -0.305 e. The third kappa shape index (κ3) is 4.59. The van der Waals surface area contributed by atoms with Crippen molar-refractivity contribution in [1.82, 2.24) is 8.87 Å². The van der Waals surface area contributed by atoms with Gasteiger partial charge in [-0.15, -0.1) is 6.42 Å². The number of piperidine rings is 1. The number of aryl methyl sites for hydroxylation is 1. The number of nitrogens with zero attached hydrogens (tertiary/aromatic N) is 3. The van der Waals surface area contributed by atoms with E-state index >= 15 is 0 Å². The smallest absolute Gasteiger partial charge is 0.251 e. The van der Waals surface area contributed by atoms with Crippen molar-refractivity contribution >= 4 is 53.4 Å². The summed E-state index contributed by atoms with van der Waals surface area (Å²) >= 11 is 4.88. The van der Waals surface area contributed by atoms with Crippen molar-refractivity contribution in [3.8, 4) is 12.3 Å². The summed E-state index contributed by atoms with van der Waals surface area (Å²) in [6.07, 6.45) is 6.42. The second-order valence-electron chi connectivity index (χ2n) is 7.73. The van der Waals surface area contributed by atoms with Gasteiger partial charge in [-0.25, -0.2) is 8.42 Å². The number of amides is 1. The standard InChI is InChI=1S/C23H22BrN3O3S2/c1-3-12-27-20-9-6-18(24)15-21(20)31-23(27)25-22(28)17-10-13-26(14-11-17)32(29,30)19-7-4-16(2)5-8-19/h1,4-9,15,17H,10-14H2,2H3. The molecule has 0 bridgehead atoms. The molecule has 0 atom stereocenters. The molecule has 0 unspecified atom stereocenters.